The largest absolute Gasteiger partial charge is 0.337 e. The minimum absolute atomic E-state index is 0.356. The lowest BCUT2D eigenvalue weighted by Gasteiger charge is -2.16. The zero-order chi connectivity index (χ0) is 14.4. The molecular formula is C15H22N4O. The van der Waals surface area contributed by atoms with Gasteiger partial charge in [0.15, 0.2) is 5.82 Å². The standard InChI is InChI=1S/C15H22N4O/c1-3-19(4-2)11-10-13-17-15(20-18-13)14(16)12-8-6-5-7-9-12/h5-9,14H,3-4,10-11,16H2,1-2H3/t14-/m0/s1. The second kappa shape index (κ2) is 7.17. The Morgan fingerprint density at radius 3 is 2.55 bits per heavy atom. The number of hydrogen-bond acceptors (Lipinski definition) is 5. The molecule has 0 bridgehead atoms. The van der Waals surface area contributed by atoms with Crippen LogP contribution in [0.5, 0.6) is 0 Å². The molecule has 2 aromatic rings. The molecule has 2 rings (SSSR count). The van der Waals surface area contributed by atoms with Crippen LogP contribution in [0.1, 0.15) is 37.2 Å². The van der Waals surface area contributed by atoms with Crippen molar-refractivity contribution in [3.05, 3.63) is 47.6 Å². The van der Waals surface area contributed by atoms with Crippen LogP contribution in [0, 0.1) is 0 Å². The minimum Gasteiger partial charge on any atom is -0.337 e. The van der Waals surface area contributed by atoms with E-state index in [-0.39, 0.29) is 6.04 Å². The number of likely N-dealkylation sites (N-methyl/N-ethyl adjacent to an activating group) is 1. The summed E-state index contributed by atoms with van der Waals surface area (Å²) in [5.41, 5.74) is 7.11. The quantitative estimate of drug-likeness (QED) is 0.836. The van der Waals surface area contributed by atoms with Crippen LogP contribution >= 0.6 is 0 Å². The molecule has 20 heavy (non-hydrogen) atoms. The maximum atomic E-state index is 6.13. The predicted octanol–water partition coefficient (Wildman–Crippen LogP) is 2.00. The molecule has 0 saturated carbocycles. The van der Waals surface area contributed by atoms with Gasteiger partial charge in [0, 0.05) is 13.0 Å². The number of nitrogens with two attached hydrogens (primary N) is 1. The Bertz CT molecular complexity index is 508. The number of nitrogens with zero attached hydrogens (tertiary/aromatic N) is 3. The van der Waals surface area contributed by atoms with E-state index in [1.165, 1.54) is 0 Å². The van der Waals surface area contributed by atoms with E-state index in [2.05, 4.69) is 28.9 Å². The van der Waals surface area contributed by atoms with E-state index in [0.717, 1.165) is 37.4 Å². The third-order valence-corrected chi connectivity index (χ3v) is 3.45. The molecule has 1 heterocycles. The highest BCUT2D eigenvalue weighted by Crippen LogP contribution is 2.17. The fourth-order valence-electron chi connectivity index (χ4n) is 2.10. The topological polar surface area (TPSA) is 68.2 Å². The van der Waals surface area contributed by atoms with Gasteiger partial charge < -0.3 is 15.2 Å². The molecule has 1 atom stereocenters. The summed E-state index contributed by atoms with van der Waals surface area (Å²) in [5, 5.41) is 4.01. The zero-order valence-corrected chi connectivity index (χ0v) is 12.1. The van der Waals surface area contributed by atoms with Crippen LogP contribution in [-0.2, 0) is 6.42 Å². The molecule has 0 aliphatic rings. The van der Waals surface area contributed by atoms with E-state index in [4.69, 9.17) is 10.3 Å². The average molecular weight is 274 g/mol. The Hall–Kier alpha value is -1.72. The first kappa shape index (κ1) is 14.7. The highest BCUT2D eigenvalue weighted by Gasteiger charge is 2.16. The van der Waals surface area contributed by atoms with Crippen LogP contribution in [0.2, 0.25) is 0 Å². The number of benzene rings is 1. The lowest BCUT2D eigenvalue weighted by atomic mass is 10.1. The Kier molecular flexibility index (Phi) is 5.26. The fourth-order valence-corrected chi connectivity index (χ4v) is 2.10. The van der Waals surface area contributed by atoms with Gasteiger partial charge in [-0.25, -0.2) is 0 Å². The van der Waals surface area contributed by atoms with E-state index in [0.29, 0.717) is 5.89 Å². The minimum atomic E-state index is -0.356. The molecule has 1 aromatic carbocycles. The van der Waals surface area contributed by atoms with Crippen LogP contribution in [0.4, 0.5) is 0 Å². The summed E-state index contributed by atoms with van der Waals surface area (Å²) in [6.45, 7) is 7.30. The van der Waals surface area contributed by atoms with Crippen LogP contribution in [-0.4, -0.2) is 34.7 Å². The number of hydrogen-bond donors (Lipinski definition) is 1. The van der Waals surface area contributed by atoms with Gasteiger partial charge in [0.05, 0.1) is 0 Å². The molecule has 0 radical (unpaired) electrons. The Balaban J connectivity index is 1.98. The Morgan fingerprint density at radius 2 is 1.90 bits per heavy atom. The molecule has 1 aromatic heterocycles. The van der Waals surface area contributed by atoms with E-state index in [1.54, 1.807) is 0 Å². The van der Waals surface area contributed by atoms with Gasteiger partial charge in [-0.15, -0.1) is 0 Å². The molecule has 108 valence electrons. The molecular weight excluding hydrogens is 252 g/mol. The summed E-state index contributed by atoms with van der Waals surface area (Å²) < 4.78 is 5.28. The highest BCUT2D eigenvalue weighted by atomic mass is 16.5. The number of rotatable bonds is 7. The molecule has 0 spiro atoms. The van der Waals surface area contributed by atoms with Crippen LogP contribution < -0.4 is 5.73 Å². The molecule has 5 nitrogen and oxygen atoms in total. The SMILES string of the molecule is CCN(CC)CCc1noc([C@@H](N)c2ccccc2)n1. The predicted molar refractivity (Wildman–Crippen MR) is 78.3 cm³/mol. The van der Waals surface area contributed by atoms with Crippen molar-refractivity contribution in [3.63, 3.8) is 0 Å². The van der Waals surface area contributed by atoms with Crippen molar-refractivity contribution in [1.82, 2.24) is 15.0 Å². The summed E-state index contributed by atoms with van der Waals surface area (Å²) in [6.07, 6.45) is 0.784. The zero-order valence-electron chi connectivity index (χ0n) is 12.1. The first-order chi connectivity index (χ1) is 9.74. The lowest BCUT2D eigenvalue weighted by Crippen LogP contribution is -2.25. The first-order valence-electron chi connectivity index (χ1n) is 7.10. The van der Waals surface area contributed by atoms with Gasteiger partial charge >= 0.3 is 0 Å². The van der Waals surface area contributed by atoms with E-state index in [9.17, 15) is 0 Å². The smallest absolute Gasteiger partial charge is 0.248 e. The third kappa shape index (κ3) is 3.65. The average Bonchev–Trinajstić information content (AvgIpc) is 2.97. The van der Waals surface area contributed by atoms with E-state index >= 15 is 0 Å². The molecule has 0 saturated heterocycles. The molecule has 2 N–H and O–H groups in total. The first-order valence-corrected chi connectivity index (χ1v) is 7.10. The fraction of sp³-hybridized carbons (Fsp3) is 0.467. The van der Waals surface area contributed by atoms with Crippen molar-refractivity contribution in [2.45, 2.75) is 26.3 Å². The van der Waals surface area contributed by atoms with Crippen molar-refractivity contribution in [2.24, 2.45) is 5.73 Å². The van der Waals surface area contributed by atoms with Gasteiger partial charge in [-0.3, -0.25) is 0 Å². The van der Waals surface area contributed by atoms with Gasteiger partial charge in [0.25, 0.3) is 0 Å². The molecule has 5 heteroatoms. The molecule has 0 amide bonds. The summed E-state index contributed by atoms with van der Waals surface area (Å²) in [6, 6.07) is 9.43. The van der Waals surface area contributed by atoms with Gasteiger partial charge in [-0.2, -0.15) is 4.98 Å². The van der Waals surface area contributed by atoms with Crippen molar-refractivity contribution in [2.75, 3.05) is 19.6 Å². The van der Waals surface area contributed by atoms with Crippen molar-refractivity contribution in [3.8, 4) is 0 Å². The van der Waals surface area contributed by atoms with Crippen LogP contribution in [0.3, 0.4) is 0 Å². The van der Waals surface area contributed by atoms with Crippen LogP contribution in [0.25, 0.3) is 0 Å². The van der Waals surface area contributed by atoms with E-state index < -0.39 is 0 Å². The molecule has 0 aliphatic carbocycles. The van der Waals surface area contributed by atoms with Crippen molar-refractivity contribution < 1.29 is 4.52 Å². The second-order valence-electron chi connectivity index (χ2n) is 4.71. The van der Waals surface area contributed by atoms with Gasteiger partial charge in [0.2, 0.25) is 5.89 Å². The van der Waals surface area contributed by atoms with Crippen molar-refractivity contribution >= 4 is 0 Å². The molecule has 0 unspecified atom stereocenters. The lowest BCUT2D eigenvalue weighted by molar-refractivity contribution is 0.302. The highest BCUT2D eigenvalue weighted by molar-refractivity contribution is 5.22. The normalized spacial score (nSPS) is 12.8. The second-order valence-corrected chi connectivity index (χ2v) is 4.71. The summed E-state index contributed by atoms with van der Waals surface area (Å²) in [4.78, 5) is 6.72. The van der Waals surface area contributed by atoms with Gasteiger partial charge in [-0.1, -0.05) is 49.3 Å². The summed E-state index contributed by atoms with van der Waals surface area (Å²) >= 11 is 0. The maximum absolute atomic E-state index is 6.13. The summed E-state index contributed by atoms with van der Waals surface area (Å²) in [5.74, 6) is 1.20. The molecule has 0 fully saturated rings. The van der Waals surface area contributed by atoms with Crippen molar-refractivity contribution in [1.29, 1.82) is 0 Å². The van der Waals surface area contributed by atoms with Gasteiger partial charge in [0.1, 0.15) is 6.04 Å². The van der Waals surface area contributed by atoms with E-state index in [1.807, 2.05) is 30.3 Å². The Morgan fingerprint density at radius 1 is 1.20 bits per heavy atom. The Labute approximate surface area is 119 Å². The molecule has 0 aliphatic heterocycles. The van der Waals surface area contributed by atoms with Gasteiger partial charge in [-0.05, 0) is 18.7 Å². The number of aromatic nitrogens is 2. The maximum Gasteiger partial charge on any atom is 0.248 e. The third-order valence-electron chi connectivity index (χ3n) is 3.45. The monoisotopic (exact) mass is 274 g/mol. The summed E-state index contributed by atoms with van der Waals surface area (Å²) in [7, 11) is 0. The van der Waals surface area contributed by atoms with Crippen LogP contribution in [0.15, 0.2) is 34.9 Å².